The minimum absolute atomic E-state index is 0.0555. The molecule has 1 atom stereocenters. The van der Waals surface area contributed by atoms with Gasteiger partial charge in [0.05, 0.1) is 19.1 Å². The Morgan fingerprint density at radius 2 is 2.54 bits per heavy atom. The van der Waals surface area contributed by atoms with Gasteiger partial charge in [-0.05, 0) is 6.92 Å². The second-order valence-corrected chi connectivity index (χ2v) is 3.04. The number of carbonyl (C=O) groups is 1. The van der Waals surface area contributed by atoms with Crippen molar-refractivity contribution in [1.29, 1.82) is 0 Å². The van der Waals surface area contributed by atoms with Crippen molar-refractivity contribution in [1.82, 2.24) is 5.32 Å². The maximum Gasteiger partial charge on any atom is 0.147 e. The Balaban J connectivity index is 2.20. The van der Waals surface area contributed by atoms with Gasteiger partial charge in [0.25, 0.3) is 0 Å². The van der Waals surface area contributed by atoms with Crippen LogP contribution in [0.25, 0.3) is 0 Å². The molecule has 1 unspecified atom stereocenters. The number of carbonyl (C=O) groups excluding carboxylic acids is 1. The highest BCUT2D eigenvalue weighted by molar-refractivity contribution is 5.81. The average molecular weight is 181 g/mol. The second-order valence-electron chi connectivity index (χ2n) is 3.04. The first kappa shape index (κ1) is 10.2. The molecule has 1 N–H and O–H groups in total. The van der Waals surface area contributed by atoms with Gasteiger partial charge in [-0.25, -0.2) is 0 Å². The second kappa shape index (κ2) is 5.74. The van der Waals surface area contributed by atoms with Crippen LogP contribution < -0.4 is 5.32 Å². The number of morpholine rings is 1. The van der Waals surface area contributed by atoms with E-state index in [1.54, 1.807) is 6.92 Å². The van der Waals surface area contributed by atoms with Gasteiger partial charge in [0.15, 0.2) is 0 Å². The maximum absolute atomic E-state index is 11.3. The van der Waals surface area contributed by atoms with Crippen molar-refractivity contribution in [2.75, 3.05) is 19.7 Å². The molecule has 0 radical (unpaired) electrons. The molecule has 0 aromatic rings. The van der Waals surface area contributed by atoms with Crippen LogP contribution in [0.5, 0.6) is 0 Å². The van der Waals surface area contributed by atoms with Crippen LogP contribution >= 0.6 is 0 Å². The van der Waals surface area contributed by atoms with E-state index in [4.69, 9.17) is 4.74 Å². The molecule has 0 amide bonds. The number of hydrogen-bond donors (Lipinski definition) is 1. The molecule has 13 heavy (non-hydrogen) atoms. The van der Waals surface area contributed by atoms with E-state index in [-0.39, 0.29) is 11.9 Å². The summed E-state index contributed by atoms with van der Waals surface area (Å²) < 4.78 is 5.40. The third-order valence-corrected chi connectivity index (χ3v) is 1.92. The average Bonchev–Trinajstić information content (AvgIpc) is 2.16. The molecule has 0 bridgehead atoms. The fraction of sp³-hybridized carbons (Fsp3) is 0.700. The van der Waals surface area contributed by atoms with Gasteiger partial charge in [-0.15, -0.1) is 5.92 Å². The Hall–Kier alpha value is -0.850. The fourth-order valence-electron chi connectivity index (χ4n) is 1.26. The van der Waals surface area contributed by atoms with Gasteiger partial charge in [0, 0.05) is 19.5 Å². The number of ketones is 1. The SMILES string of the molecule is CC#CCC(=O)CC1CNCCO1. The van der Waals surface area contributed by atoms with Crippen molar-refractivity contribution in [3.63, 3.8) is 0 Å². The zero-order valence-corrected chi connectivity index (χ0v) is 7.93. The topological polar surface area (TPSA) is 38.3 Å². The van der Waals surface area contributed by atoms with Crippen molar-refractivity contribution in [2.24, 2.45) is 0 Å². The lowest BCUT2D eigenvalue weighted by Crippen LogP contribution is -2.39. The molecular weight excluding hydrogens is 166 g/mol. The smallest absolute Gasteiger partial charge is 0.147 e. The molecule has 3 nitrogen and oxygen atoms in total. The third kappa shape index (κ3) is 4.07. The number of rotatable bonds is 3. The standard InChI is InChI=1S/C10H15NO2/c1-2-3-4-9(12)7-10-8-11-5-6-13-10/h10-11H,4-8H2,1H3. The lowest BCUT2D eigenvalue weighted by Gasteiger charge is -2.22. The molecule has 3 heteroatoms. The summed E-state index contributed by atoms with van der Waals surface area (Å²) in [5.41, 5.74) is 0. The summed E-state index contributed by atoms with van der Waals surface area (Å²) in [4.78, 5) is 11.3. The van der Waals surface area contributed by atoms with Crippen LogP contribution in [0.4, 0.5) is 0 Å². The van der Waals surface area contributed by atoms with Crippen molar-refractivity contribution < 1.29 is 9.53 Å². The third-order valence-electron chi connectivity index (χ3n) is 1.92. The minimum Gasteiger partial charge on any atom is -0.375 e. The number of nitrogens with one attached hydrogen (secondary N) is 1. The van der Waals surface area contributed by atoms with Gasteiger partial charge in [-0.3, -0.25) is 4.79 Å². The lowest BCUT2D eigenvalue weighted by molar-refractivity contribution is -0.121. The highest BCUT2D eigenvalue weighted by atomic mass is 16.5. The molecule has 0 aromatic heterocycles. The van der Waals surface area contributed by atoms with Gasteiger partial charge >= 0.3 is 0 Å². The van der Waals surface area contributed by atoms with Crippen LogP contribution in [0, 0.1) is 11.8 Å². The zero-order valence-electron chi connectivity index (χ0n) is 7.93. The normalized spacial score (nSPS) is 21.8. The number of ether oxygens (including phenoxy) is 1. The molecule has 1 aliphatic rings. The molecule has 72 valence electrons. The van der Waals surface area contributed by atoms with E-state index in [1.165, 1.54) is 0 Å². The number of Topliss-reactive ketones (excluding diaryl/α,β-unsaturated/α-hetero) is 1. The maximum atomic E-state index is 11.3. The molecule has 1 heterocycles. The predicted molar refractivity (Wildman–Crippen MR) is 50.3 cm³/mol. The van der Waals surface area contributed by atoms with Crippen molar-refractivity contribution in [3.05, 3.63) is 0 Å². The first-order chi connectivity index (χ1) is 6.33. The fourth-order valence-corrected chi connectivity index (χ4v) is 1.26. The Bertz CT molecular complexity index is 221. The van der Waals surface area contributed by atoms with E-state index in [0.29, 0.717) is 19.4 Å². The van der Waals surface area contributed by atoms with Crippen LogP contribution in [0.2, 0.25) is 0 Å². The van der Waals surface area contributed by atoms with E-state index < -0.39 is 0 Å². The summed E-state index contributed by atoms with van der Waals surface area (Å²) in [6.07, 6.45) is 0.901. The van der Waals surface area contributed by atoms with E-state index in [1.807, 2.05) is 0 Å². The molecular formula is C10H15NO2. The zero-order chi connectivity index (χ0) is 9.52. The summed E-state index contributed by atoms with van der Waals surface area (Å²) >= 11 is 0. The number of hydrogen-bond acceptors (Lipinski definition) is 3. The van der Waals surface area contributed by atoms with Gasteiger partial charge in [-0.2, -0.15) is 0 Å². The van der Waals surface area contributed by atoms with Crippen molar-refractivity contribution >= 4 is 5.78 Å². The molecule has 0 saturated carbocycles. The summed E-state index contributed by atoms with van der Waals surface area (Å²) in [5.74, 6) is 5.64. The van der Waals surface area contributed by atoms with Gasteiger partial charge in [-0.1, -0.05) is 5.92 Å². The van der Waals surface area contributed by atoms with E-state index in [2.05, 4.69) is 17.2 Å². The predicted octanol–water partition coefficient (Wildman–Crippen LogP) is 0.347. The first-order valence-corrected chi connectivity index (χ1v) is 4.56. The lowest BCUT2D eigenvalue weighted by atomic mass is 10.1. The molecule has 1 fully saturated rings. The van der Waals surface area contributed by atoms with Gasteiger partial charge in [0.1, 0.15) is 5.78 Å². The van der Waals surface area contributed by atoms with Crippen LogP contribution in [-0.2, 0) is 9.53 Å². The Morgan fingerprint density at radius 3 is 3.15 bits per heavy atom. The van der Waals surface area contributed by atoms with E-state index >= 15 is 0 Å². The Morgan fingerprint density at radius 1 is 1.69 bits per heavy atom. The molecule has 0 aromatic carbocycles. The largest absolute Gasteiger partial charge is 0.375 e. The molecule has 0 aliphatic carbocycles. The Kier molecular flexibility index (Phi) is 4.52. The molecule has 1 rings (SSSR count). The molecule has 1 saturated heterocycles. The summed E-state index contributed by atoms with van der Waals surface area (Å²) in [5, 5.41) is 3.18. The van der Waals surface area contributed by atoms with Gasteiger partial charge in [0.2, 0.25) is 0 Å². The van der Waals surface area contributed by atoms with Crippen LogP contribution in [-0.4, -0.2) is 31.6 Å². The van der Waals surface area contributed by atoms with E-state index in [9.17, 15) is 4.79 Å². The highest BCUT2D eigenvalue weighted by Gasteiger charge is 2.16. The minimum atomic E-state index is 0.0555. The molecule has 1 aliphatic heterocycles. The Labute approximate surface area is 78.8 Å². The van der Waals surface area contributed by atoms with Crippen molar-refractivity contribution in [2.45, 2.75) is 25.9 Å². The van der Waals surface area contributed by atoms with Crippen molar-refractivity contribution in [3.8, 4) is 11.8 Å². The monoisotopic (exact) mass is 181 g/mol. The van der Waals surface area contributed by atoms with Crippen LogP contribution in [0.3, 0.4) is 0 Å². The van der Waals surface area contributed by atoms with Crippen LogP contribution in [0.1, 0.15) is 19.8 Å². The summed E-state index contributed by atoms with van der Waals surface area (Å²) in [7, 11) is 0. The van der Waals surface area contributed by atoms with Gasteiger partial charge < -0.3 is 10.1 Å². The summed E-state index contributed by atoms with van der Waals surface area (Å²) in [6.45, 7) is 4.12. The van der Waals surface area contributed by atoms with Crippen LogP contribution in [0.15, 0.2) is 0 Å². The quantitative estimate of drug-likeness (QED) is 0.638. The van der Waals surface area contributed by atoms with E-state index in [0.717, 1.165) is 13.1 Å². The first-order valence-electron chi connectivity index (χ1n) is 4.56. The summed E-state index contributed by atoms with van der Waals surface area (Å²) in [6, 6.07) is 0. The molecule has 0 spiro atoms. The highest BCUT2D eigenvalue weighted by Crippen LogP contribution is 2.03.